The Labute approximate surface area is 87.9 Å². The first-order valence-electron chi connectivity index (χ1n) is 4.64. The van der Waals surface area contributed by atoms with Gasteiger partial charge < -0.3 is 10.4 Å². The van der Waals surface area contributed by atoms with E-state index >= 15 is 0 Å². The quantitative estimate of drug-likeness (QED) is 0.577. The Bertz CT molecular complexity index is 366. The summed E-state index contributed by atoms with van der Waals surface area (Å²) in [5.74, 6) is 0. The molecule has 1 aromatic carbocycles. The lowest BCUT2D eigenvalue weighted by Crippen LogP contribution is -2.17. The number of para-hydroxylation sites is 1. The topological polar surface area (TPSA) is 75.4 Å². The zero-order valence-electron chi connectivity index (χ0n) is 8.73. The Kier molecular flexibility index (Phi) is 3.76. The van der Waals surface area contributed by atoms with Gasteiger partial charge in [0.25, 0.3) is 5.69 Å². The van der Waals surface area contributed by atoms with Crippen LogP contribution < -0.4 is 5.32 Å². The summed E-state index contributed by atoms with van der Waals surface area (Å²) in [4.78, 5) is 10.4. The minimum absolute atomic E-state index is 0.000231. The molecule has 0 radical (unpaired) electrons. The molecule has 1 unspecified atom stereocenters. The number of nitro benzene ring substituents is 1. The maximum absolute atomic E-state index is 10.8. The molecule has 1 aromatic rings. The number of nitrogens with zero attached hydrogens (tertiary/aromatic N) is 1. The molecule has 0 aliphatic heterocycles. The standard InChI is InChI=1S/C10H14N2O3/c1-7-4-3-5-8(9(13)6-11-2)10(7)12(14)15/h3-5,9,11,13H,6H2,1-2H3. The van der Waals surface area contributed by atoms with Crippen LogP contribution in [0.25, 0.3) is 0 Å². The monoisotopic (exact) mass is 210 g/mol. The maximum Gasteiger partial charge on any atom is 0.278 e. The second-order valence-electron chi connectivity index (χ2n) is 3.34. The zero-order valence-corrected chi connectivity index (χ0v) is 8.73. The molecule has 0 aromatic heterocycles. The van der Waals surface area contributed by atoms with Gasteiger partial charge in [-0.2, -0.15) is 0 Å². The fourth-order valence-corrected chi connectivity index (χ4v) is 1.50. The summed E-state index contributed by atoms with van der Waals surface area (Å²) in [6.07, 6.45) is -0.852. The molecule has 0 amide bonds. The van der Waals surface area contributed by atoms with Gasteiger partial charge in [-0.25, -0.2) is 0 Å². The van der Waals surface area contributed by atoms with Gasteiger partial charge in [-0.15, -0.1) is 0 Å². The molecule has 1 rings (SSSR count). The van der Waals surface area contributed by atoms with Gasteiger partial charge in [0.1, 0.15) is 0 Å². The van der Waals surface area contributed by atoms with E-state index in [4.69, 9.17) is 0 Å². The fraction of sp³-hybridized carbons (Fsp3) is 0.400. The third-order valence-electron chi connectivity index (χ3n) is 2.21. The van der Waals surface area contributed by atoms with Crippen molar-refractivity contribution in [3.63, 3.8) is 0 Å². The Morgan fingerprint density at radius 3 is 2.80 bits per heavy atom. The van der Waals surface area contributed by atoms with E-state index < -0.39 is 11.0 Å². The maximum atomic E-state index is 10.8. The number of aryl methyl sites for hydroxylation is 1. The first kappa shape index (κ1) is 11.6. The van der Waals surface area contributed by atoms with Crippen molar-refractivity contribution in [3.05, 3.63) is 39.4 Å². The first-order chi connectivity index (χ1) is 7.07. The van der Waals surface area contributed by atoms with Crippen LogP contribution in [0, 0.1) is 17.0 Å². The number of likely N-dealkylation sites (N-methyl/N-ethyl adjacent to an activating group) is 1. The third-order valence-corrected chi connectivity index (χ3v) is 2.21. The predicted molar refractivity (Wildman–Crippen MR) is 56.7 cm³/mol. The number of aliphatic hydroxyl groups is 1. The van der Waals surface area contributed by atoms with E-state index in [9.17, 15) is 15.2 Å². The summed E-state index contributed by atoms with van der Waals surface area (Å²) in [6.45, 7) is 1.96. The van der Waals surface area contributed by atoms with Gasteiger partial charge in [-0.05, 0) is 20.0 Å². The molecule has 1 atom stereocenters. The average Bonchev–Trinajstić information content (AvgIpc) is 2.17. The van der Waals surface area contributed by atoms with Crippen LogP contribution in [-0.4, -0.2) is 23.6 Å². The molecule has 0 saturated heterocycles. The first-order valence-corrected chi connectivity index (χ1v) is 4.64. The van der Waals surface area contributed by atoms with Crippen LogP contribution in [0.1, 0.15) is 17.2 Å². The Balaban J connectivity index is 3.16. The average molecular weight is 210 g/mol. The molecular weight excluding hydrogens is 196 g/mol. The van der Waals surface area contributed by atoms with Crippen molar-refractivity contribution in [1.29, 1.82) is 0 Å². The van der Waals surface area contributed by atoms with Crippen molar-refractivity contribution >= 4 is 5.69 Å². The van der Waals surface area contributed by atoms with Crippen LogP contribution >= 0.6 is 0 Å². The van der Waals surface area contributed by atoms with Gasteiger partial charge in [-0.3, -0.25) is 10.1 Å². The van der Waals surface area contributed by atoms with E-state index in [-0.39, 0.29) is 5.69 Å². The zero-order chi connectivity index (χ0) is 11.4. The van der Waals surface area contributed by atoms with Crippen molar-refractivity contribution in [2.24, 2.45) is 0 Å². The molecule has 82 valence electrons. The summed E-state index contributed by atoms with van der Waals surface area (Å²) in [7, 11) is 1.69. The summed E-state index contributed by atoms with van der Waals surface area (Å²) in [5, 5.41) is 23.3. The Hall–Kier alpha value is -1.46. The van der Waals surface area contributed by atoms with E-state index in [1.165, 1.54) is 0 Å². The Morgan fingerprint density at radius 1 is 1.60 bits per heavy atom. The molecule has 0 bridgehead atoms. The van der Waals surface area contributed by atoms with Crippen molar-refractivity contribution < 1.29 is 10.0 Å². The lowest BCUT2D eigenvalue weighted by molar-refractivity contribution is -0.386. The molecule has 2 N–H and O–H groups in total. The molecular formula is C10H14N2O3. The van der Waals surface area contributed by atoms with Gasteiger partial charge in [0.05, 0.1) is 16.6 Å². The van der Waals surface area contributed by atoms with E-state index in [0.717, 1.165) is 0 Å². The molecule has 0 heterocycles. The van der Waals surface area contributed by atoms with Crippen molar-refractivity contribution in [2.45, 2.75) is 13.0 Å². The highest BCUT2D eigenvalue weighted by Gasteiger charge is 2.21. The highest BCUT2D eigenvalue weighted by molar-refractivity contribution is 5.48. The van der Waals surface area contributed by atoms with Crippen LogP contribution in [0.15, 0.2) is 18.2 Å². The summed E-state index contributed by atoms with van der Waals surface area (Å²) >= 11 is 0. The largest absolute Gasteiger partial charge is 0.387 e. The second kappa shape index (κ2) is 4.86. The van der Waals surface area contributed by atoms with Crippen molar-refractivity contribution in [1.82, 2.24) is 5.32 Å². The van der Waals surface area contributed by atoms with Gasteiger partial charge in [0, 0.05) is 12.1 Å². The minimum Gasteiger partial charge on any atom is -0.387 e. The highest BCUT2D eigenvalue weighted by Crippen LogP contribution is 2.27. The van der Waals surface area contributed by atoms with Crippen LogP contribution in [0.2, 0.25) is 0 Å². The van der Waals surface area contributed by atoms with E-state index in [1.807, 2.05) is 0 Å². The van der Waals surface area contributed by atoms with Crippen LogP contribution in [-0.2, 0) is 0 Å². The van der Waals surface area contributed by atoms with Crippen molar-refractivity contribution in [3.8, 4) is 0 Å². The van der Waals surface area contributed by atoms with Gasteiger partial charge in [0.2, 0.25) is 0 Å². The van der Waals surface area contributed by atoms with E-state index in [2.05, 4.69) is 5.32 Å². The fourth-order valence-electron chi connectivity index (χ4n) is 1.50. The molecule has 5 heteroatoms. The second-order valence-corrected chi connectivity index (χ2v) is 3.34. The van der Waals surface area contributed by atoms with Gasteiger partial charge in [-0.1, -0.05) is 12.1 Å². The van der Waals surface area contributed by atoms with E-state index in [0.29, 0.717) is 17.7 Å². The molecule has 0 saturated carbocycles. The Morgan fingerprint density at radius 2 is 2.27 bits per heavy atom. The summed E-state index contributed by atoms with van der Waals surface area (Å²) in [6, 6.07) is 4.94. The van der Waals surface area contributed by atoms with Crippen molar-refractivity contribution in [2.75, 3.05) is 13.6 Å². The smallest absolute Gasteiger partial charge is 0.278 e. The number of hydrogen-bond acceptors (Lipinski definition) is 4. The predicted octanol–water partition coefficient (Wildman–Crippen LogP) is 1.16. The number of benzene rings is 1. The number of rotatable bonds is 4. The molecule has 5 nitrogen and oxygen atoms in total. The number of nitro groups is 1. The summed E-state index contributed by atoms with van der Waals surface area (Å²) < 4.78 is 0. The van der Waals surface area contributed by atoms with Crippen LogP contribution in [0.3, 0.4) is 0 Å². The number of hydrogen-bond donors (Lipinski definition) is 2. The van der Waals surface area contributed by atoms with Crippen LogP contribution in [0.4, 0.5) is 5.69 Å². The normalized spacial score (nSPS) is 12.5. The lowest BCUT2D eigenvalue weighted by Gasteiger charge is -2.11. The molecule has 15 heavy (non-hydrogen) atoms. The SMILES string of the molecule is CNCC(O)c1cccc(C)c1[N+](=O)[O-]. The third kappa shape index (κ3) is 2.51. The van der Waals surface area contributed by atoms with Crippen LogP contribution in [0.5, 0.6) is 0 Å². The van der Waals surface area contributed by atoms with Gasteiger partial charge in [0.15, 0.2) is 0 Å². The van der Waals surface area contributed by atoms with E-state index in [1.54, 1.807) is 32.2 Å². The molecule has 0 fully saturated rings. The molecule has 0 aliphatic carbocycles. The summed E-state index contributed by atoms with van der Waals surface area (Å²) in [5.41, 5.74) is 0.919. The molecule has 0 aliphatic rings. The minimum atomic E-state index is -0.852. The highest BCUT2D eigenvalue weighted by atomic mass is 16.6. The lowest BCUT2D eigenvalue weighted by atomic mass is 10.0. The molecule has 0 spiro atoms. The number of aliphatic hydroxyl groups excluding tert-OH is 1. The van der Waals surface area contributed by atoms with Gasteiger partial charge >= 0.3 is 0 Å². The number of nitrogens with one attached hydrogen (secondary N) is 1.